The van der Waals surface area contributed by atoms with E-state index >= 15 is 0 Å². The van der Waals surface area contributed by atoms with Crippen LogP contribution in [-0.4, -0.2) is 47.2 Å². The number of nitrogens with one attached hydrogen (secondary N) is 1. The van der Waals surface area contributed by atoms with Gasteiger partial charge in [-0.15, -0.1) is 0 Å². The van der Waals surface area contributed by atoms with Gasteiger partial charge in [0.2, 0.25) is 0 Å². The molecule has 0 spiro atoms. The highest BCUT2D eigenvalue weighted by atomic mass is 16.3. The lowest BCUT2D eigenvalue weighted by molar-refractivity contribution is 0.000304. The molecule has 0 fully saturated rings. The normalized spacial score (nSPS) is 17.1. The van der Waals surface area contributed by atoms with Crippen molar-refractivity contribution in [2.24, 2.45) is 5.41 Å². The van der Waals surface area contributed by atoms with Crippen LogP contribution in [0.5, 0.6) is 0 Å². The summed E-state index contributed by atoms with van der Waals surface area (Å²) in [6.07, 6.45) is 0. The fourth-order valence-electron chi connectivity index (χ4n) is 0.782. The van der Waals surface area contributed by atoms with Crippen molar-refractivity contribution in [1.82, 2.24) is 5.32 Å². The molecule has 0 aromatic carbocycles. The summed E-state index contributed by atoms with van der Waals surface area (Å²) < 4.78 is 0. The Labute approximate surface area is 79.6 Å². The first kappa shape index (κ1) is 12.8. The van der Waals surface area contributed by atoms with Gasteiger partial charge < -0.3 is 20.6 Å². The first-order chi connectivity index (χ1) is 5.83. The van der Waals surface area contributed by atoms with Gasteiger partial charge in [-0.1, -0.05) is 13.8 Å². The Morgan fingerprint density at radius 2 is 1.54 bits per heavy atom. The van der Waals surface area contributed by atoms with Crippen LogP contribution in [0.25, 0.3) is 0 Å². The predicted octanol–water partition coefficient (Wildman–Crippen LogP) is -0.662. The summed E-state index contributed by atoms with van der Waals surface area (Å²) in [7, 11) is 0. The molecule has 0 aliphatic heterocycles. The van der Waals surface area contributed by atoms with Crippen LogP contribution in [0.2, 0.25) is 0 Å². The average molecular weight is 191 g/mol. The van der Waals surface area contributed by atoms with E-state index in [9.17, 15) is 5.11 Å². The monoisotopic (exact) mass is 191 g/mol. The molecule has 0 bridgehead atoms. The molecule has 80 valence electrons. The minimum atomic E-state index is -1.08. The molecule has 0 aliphatic rings. The van der Waals surface area contributed by atoms with E-state index in [1.54, 1.807) is 6.92 Å². The standard InChI is InChI=1S/C9H21NO3/c1-8(2,6-11)4-10-5-9(3,13)7-12/h10-13H,4-7H2,1-3H3. The molecule has 0 heterocycles. The third-order valence-corrected chi connectivity index (χ3v) is 1.88. The largest absolute Gasteiger partial charge is 0.396 e. The molecule has 0 amide bonds. The van der Waals surface area contributed by atoms with Crippen LogP contribution in [0.3, 0.4) is 0 Å². The number of hydrogen-bond donors (Lipinski definition) is 4. The molecule has 0 rings (SSSR count). The Hall–Kier alpha value is -0.160. The number of rotatable bonds is 6. The van der Waals surface area contributed by atoms with Crippen molar-refractivity contribution in [2.45, 2.75) is 26.4 Å². The van der Waals surface area contributed by atoms with Gasteiger partial charge in [0.1, 0.15) is 0 Å². The number of hydrogen-bond acceptors (Lipinski definition) is 4. The molecule has 0 saturated carbocycles. The van der Waals surface area contributed by atoms with Gasteiger partial charge in [0.15, 0.2) is 0 Å². The van der Waals surface area contributed by atoms with E-state index in [4.69, 9.17) is 10.2 Å². The molecular weight excluding hydrogens is 170 g/mol. The van der Waals surface area contributed by atoms with Gasteiger partial charge in [-0.3, -0.25) is 0 Å². The smallest absolute Gasteiger partial charge is 0.0972 e. The molecule has 0 aliphatic carbocycles. The third kappa shape index (κ3) is 5.99. The van der Waals surface area contributed by atoms with Crippen molar-refractivity contribution in [3.05, 3.63) is 0 Å². The number of aliphatic hydroxyl groups excluding tert-OH is 2. The minimum absolute atomic E-state index is 0.0985. The van der Waals surface area contributed by atoms with E-state index in [0.29, 0.717) is 13.1 Å². The second-order valence-corrected chi connectivity index (χ2v) is 4.58. The fraction of sp³-hybridized carbons (Fsp3) is 1.00. The molecule has 0 radical (unpaired) electrons. The maximum absolute atomic E-state index is 9.42. The Balaban J connectivity index is 3.68. The van der Waals surface area contributed by atoms with Crippen molar-refractivity contribution in [1.29, 1.82) is 0 Å². The Morgan fingerprint density at radius 1 is 1.00 bits per heavy atom. The topological polar surface area (TPSA) is 72.7 Å². The Kier molecular flexibility index (Phi) is 4.85. The highest BCUT2D eigenvalue weighted by Crippen LogP contribution is 2.11. The second-order valence-electron chi connectivity index (χ2n) is 4.58. The summed E-state index contributed by atoms with van der Waals surface area (Å²) in [5.41, 5.74) is -1.27. The highest BCUT2D eigenvalue weighted by Gasteiger charge is 2.21. The lowest BCUT2D eigenvalue weighted by Crippen LogP contribution is -2.44. The molecule has 4 heteroatoms. The molecule has 4 nitrogen and oxygen atoms in total. The summed E-state index contributed by atoms with van der Waals surface area (Å²) in [5, 5.41) is 30.1. The van der Waals surface area contributed by atoms with Crippen LogP contribution in [0.1, 0.15) is 20.8 Å². The van der Waals surface area contributed by atoms with Crippen molar-refractivity contribution in [2.75, 3.05) is 26.3 Å². The predicted molar refractivity (Wildman–Crippen MR) is 51.4 cm³/mol. The summed E-state index contributed by atoms with van der Waals surface area (Å²) in [4.78, 5) is 0. The van der Waals surface area contributed by atoms with Gasteiger partial charge >= 0.3 is 0 Å². The molecule has 0 aromatic rings. The Bertz CT molecular complexity index is 130. The average Bonchev–Trinajstić information content (AvgIpc) is 2.04. The minimum Gasteiger partial charge on any atom is -0.396 e. The maximum Gasteiger partial charge on any atom is 0.0972 e. The van der Waals surface area contributed by atoms with Crippen LogP contribution >= 0.6 is 0 Å². The molecule has 0 saturated heterocycles. The van der Waals surface area contributed by atoms with E-state index in [2.05, 4.69) is 5.32 Å². The van der Waals surface area contributed by atoms with Gasteiger partial charge in [0.25, 0.3) is 0 Å². The molecule has 0 aromatic heterocycles. The van der Waals surface area contributed by atoms with Crippen molar-refractivity contribution in [3.63, 3.8) is 0 Å². The zero-order valence-corrected chi connectivity index (χ0v) is 8.67. The fourth-order valence-corrected chi connectivity index (χ4v) is 0.782. The first-order valence-electron chi connectivity index (χ1n) is 4.48. The van der Waals surface area contributed by atoms with Gasteiger partial charge in [-0.25, -0.2) is 0 Å². The molecule has 4 N–H and O–H groups in total. The van der Waals surface area contributed by atoms with E-state index in [1.807, 2.05) is 13.8 Å². The Morgan fingerprint density at radius 3 is 1.92 bits per heavy atom. The molecular formula is C9H21NO3. The summed E-state index contributed by atoms with van der Waals surface area (Å²) in [5.74, 6) is 0. The summed E-state index contributed by atoms with van der Waals surface area (Å²) in [6.45, 7) is 6.18. The van der Waals surface area contributed by atoms with Crippen molar-refractivity contribution < 1.29 is 15.3 Å². The summed E-state index contributed by atoms with van der Waals surface area (Å²) >= 11 is 0. The van der Waals surface area contributed by atoms with E-state index < -0.39 is 5.60 Å². The van der Waals surface area contributed by atoms with Gasteiger partial charge in [-0.05, 0) is 6.92 Å². The molecule has 1 atom stereocenters. The van der Waals surface area contributed by atoms with Crippen LogP contribution in [0.15, 0.2) is 0 Å². The lowest BCUT2D eigenvalue weighted by atomic mass is 9.94. The summed E-state index contributed by atoms with van der Waals surface area (Å²) in [6, 6.07) is 0. The van der Waals surface area contributed by atoms with Gasteiger partial charge in [-0.2, -0.15) is 0 Å². The van der Waals surface area contributed by atoms with Crippen LogP contribution in [0, 0.1) is 5.41 Å². The van der Waals surface area contributed by atoms with Gasteiger partial charge in [0, 0.05) is 25.1 Å². The second kappa shape index (κ2) is 4.91. The van der Waals surface area contributed by atoms with Crippen LogP contribution in [-0.2, 0) is 0 Å². The quantitative estimate of drug-likeness (QED) is 0.450. The molecule has 1 unspecified atom stereocenters. The number of aliphatic hydroxyl groups is 3. The SMILES string of the molecule is CC(C)(CO)CNCC(C)(O)CO. The maximum atomic E-state index is 9.42. The molecule has 13 heavy (non-hydrogen) atoms. The van der Waals surface area contributed by atoms with Gasteiger partial charge in [0.05, 0.1) is 12.2 Å². The van der Waals surface area contributed by atoms with E-state index in [-0.39, 0.29) is 18.6 Å². The zero-order valence-electron chi connectivity index (χ0n) is 8.67. The van der Waals surface area contributed by atoms with Crippen molar-refractivity contribution >= 4 is 0 Å². The van der Waals surface area contributed by atoms with Crippen LogP contribution in [0.4, 0.5) is 0 Å². The van der Waals surface area contributed by atoms with E-state index in [1.165, 1.54) is 0 Å². The first-order valence-corrected chi connectivity index (χ1v) is 4.48. The van der Waals surface area contributed by atoms with Crippen LogP contribution < -0.4 is 5.32 Å². The third-order valence-electron chi connectivity index (χ3n) is 1.88. The lowest BCUT2D eigenvalue weighted by Gasteiger charge is -2.26. The zero-order chi connectivity index (χ0) is 10.5. The van der Waals surface area contributed by atoms with Crippen molar-refractivity contribution in [3.8, 4) is 0 Å². The van der Waals surface area contributed by atoms with E-state index in [0.717, 1.165) is 0 Å². The highest BCUT2D eigenvalue weighted by molar-refractivity contribution is 4.77.